The summed E-state index contributed by atoms with van der Waals surface area (Å²) < 4.78 is 0. The Balaban J connectivity index is 2.06. The monoisotopic (exact) mass is 233 g/mol. The number of nitrogens with two attached hydrogens (primary N) is 1. The quantitative estimate of drug-likeness (QED) is 0.836. The molecule has 2 heterocycles. The number of H-pyrrole nitrogens is 1. The summed E-state index contributed by atoms with van der Waals surface area (Å²) in [5, 5.41) is 8.39. The van der Waals surface area contributed by atoms with E-state index >= 15 is 0 Å². The number of thiophene rings is 1. The molecule has 1 aliphatic carbocycles. The number of nitrogen functional groups attached to an aromatic ring is 1. The molecule has 0 atom stereocenters. The number of aromatic amines is 1. The highest BCUT2D eigenvalue weighted by Gasteiger charge is 2.26. The van der Waals surface area contributed by atoms with E-state index in [4.69, 9.17) is 5.73 Å². The molecule has 16 heavy (non-hydrogen) atoms. The Labute approximate surface area is 98.7 Å². The van der Waals surface area contributed by atoms with E-state index in [0.717, 1.165) is 16.3 Å². The van der Waals surface area contributed by atoms with Crippen molar-refractivity contribution in [2.24, 2.45) is 0 Å². The van der Waals surface area contributed by atoms with Gasteiger partial charge in [0.05, 0.1) is 10.7 Å². The number of nitrogens with one attached hydrogen (secondary N) is 1. The summed E-state index contributed by atoms with van der Waals surface area (Å²) in [6, 6.07) is 2.16. The molecule has 3 N–H and O–H groups in total. The van der Waals surface area contributed by atoms with E-state index in [1.807, 2.05) is 0 Å². The van der Waals surface area contributed by atoms with Crippen LogP contribution in [0.4, 0.5) is 5.00 Å². The summed E-state index contributed by atoms with van der Waals surface area (Å²) in [7, 11) is 0. The van der Waals surface area contributed by atoms with Gasteiger partial charge in [0.2, 0.25) is 0 Å². The number of hydrogen-bond acceptors (Lipinski definition) is 3. The molecule has 0 spiro atoms. The van der Waals surface area contributed by atoms with Gasteiger partial charge in [0, 0.05) is 22.1 Å². The fourth-order valence-corrected chi connectivity index (χ4v) is 2.98. The van der Waals surface area contributed by atoms with Crippen molar-refractivity contribution in [3.05, 3.63) is 22.2 Å². The second-order valence-corrected chi connectivity index (χ2v) is 5.76. The van der Waals surface area contributed by atoms with Gasteiger partial charge < -0.3 is 5.73 Å². The molecule has 1 fully saturated rings. The van der Waals surface area contributed by atoms with Crippen LogP contribution < -0.4 is 5.73 Å². The molecule has 1 saturated carbocycles. The van der Waals surface area contributed by atoms with E-state index in [2.05, 4.69) is 30.1 Å². The van der Waals surface area contributed by atoms with Crippen molar-refractivity contribution >= 4 is 16.3 Å². The zero-order valence-corrected chi connectivity index (χ0v) is 10.3. The molecule has 4 heteroatoms. The number of hydrogen-bond donors (Lipinski definition) is 2. The van der Waals surface area contributed by atoms with Gasteiger partial charge in [-0.3, -0.25) is 5.10 Å². The summed E-state index contributed by atoms with van der Waals surface area (Å²) in [4.78, 5) is 1.28. The lowest BCUT2D eigenvalue weighted by Crippen LogP contribution is -1.86. The molecule has 3 nitrogen and oxygen atoms in total. The largest absolute Gasteiger partial charge is 0.390 e. The van der Waals surface area contributed by atoms with Crippen LogP contribution in [0.15, 0.2) is 6.07 Å². The van der Waals surface area contributed by atoms with Crippen LogP contribution in [-0.4, -0.2) is 10.2 Å². The minimum atomic E-state index is 0.711. The normalized spacial score (nSPS) is 15.6. The van der Waals surface area contributed by atoms with E-state index in [-0.39, 0.29) is 0 Å². The van der Waals surface area contributed by atoms with Crippen molar-refractivity contribution in [3.8, 4) is 11.3 Å². The molecule has 84 valence electrons. The molecule has 0 saturated heterocycles. The highest BCUT2D eigenvalue weighted by atomic mass is 32.1. The molecule has 0 unspecified atom stereocenters. The Bertz CT molecular complexity index is 534. The maximum Gasteiger partial charge on any atom is 0.0958 e. The maximum atomic E-state index is 6.04. The van der Waals surface area contributed by atoms with Gasteiger partial charge in [0.25, 0.3) is 0 Å². The highest BCUT2D eigenvalue weighted by molar-refractivity contribution is 7.16. The van der Waals surface area contributed by atoms with Crippen molar-refractivity contribution in [1.82, 2.24) is 10.2 Å². The second-order valence-electron chi connectivity index (χ2n) is 4.51. The predicted molar refractivity (Wildman–Crippen MR) is 67.8 cm³/mol. The Kier molecular flexibility index (Phi) is 2.07. The lowest BCUT2D eigenvalue weighted by molar-refractivity contribution is 0.967. The van der Waals surface area contributed by atoms with Crippen molar-refractivity contribution in [1.29, 1.82) is 0 Å². The smallest absolute Gasteiger partial charge is 0.0958 e. The molecule has 2 aromatic rings. The standard InChI is InChI=1S/C12H15N3S/c1-6-7(2)16-12(13)11(6)10-5-9(14-15-10)8-3-4-8/h5,8H,3-4,13H2,1-2H3,(H,14,15). The van der Waals surface area contributed by atoms with Gasteiger partial charge in [0.1, 0.15) is 0 Å². The first-order chi connectivity index (χ1) is 7.66. The molecule has 2 aromatic heterocycles. The minimum absolute atomic E-state index is 0.711. The maximum absolute atomic E-state index is 6.04. The summed E-state index contributed by atoms with van der Waals surface area (Å²) in [6.45, 7) is 4.22. The summed E-state index contributed by atoms with van der Waals surface area (Å²) in [5.41, 5.74) is 10.7. The third-order valence-electron chi connectivity index (χ3n) is 3.28. The zero-order chi connectivity index (χ0) is 11.3. The van der Waals surface area contributed by atoms with E-state index in [9.17, 15) is 0 Å². The fourth-order valence-electron chi connectivity index (χ4n) is 2.04. The van der Waals surface area contributed by atoms with E-state index in [1.165, 1.54) is 29.0 Å². The number of nitrogens with zero attached hydrogens (tertiary/aromatic N) is 1. The molecule has 0 bridgehead atoms. The molecule has 0 aliphatic heterocycles. The van der Waals surface area contributed by atoms with Crippen molar-refractivity contribution in [2.45, 2.75) is 32.6 Å². The third kappa shape index (κ3) is 1.45. The van der Waals surface area contributed by atoms with Crippen LogP contribution in [0.3, 0.4) is 0 Å². The average Bonchev–Trinajstić information content (AvgIpc) is 2.93. The molecule has 0 radical (unpaired) electrons. The Morgan fingerprint density at radius 1 is 1.44 bits per heavy atom. The third-order valence-corrected chi connectivity index (χ3v) is 4.32. The second kappa shape index (κ2) is 3.35. The zero-order valence-electron chi connectivity index (χ0n) is 9.50. The van der Waals surface area contributed by atoms with Crippen molar-refractivity contribution in [2.75, 3.05) is 5.73 Å². The fraction of sp³-hybridized carbons (Fsp3) is 0.417. The summed E-state index contributed by atoms with van der Waals surface area (Å²) in [5.74, 6) is 0.711. The molecule has 1 aliphatic rings. The molecular weight excluding hydrogens is 218 g/mol. The molecular formula is C12H15N3S. The van der Waals surface area contributed by atoms with Gasteiger partial charge in [-0.15, -0.1) is 11.3 Å². The minimum Gasteiger partial charge on any atom is -0.390 e. The predicted octanol–water partition coefficient (Wildman–Crippen LogP) is 3.21. The van der Waals surface area contributed by atoms with Crippen LogP contribution >= 0.6 is 11.3 Å². The van der Waals surface area contributed by atoms with Gasteiger partial charge in [-0.2, -0.15) is 5.10 Å². The van der Waals surface area contributed by atoms with Crippen LogP contribution in [0.1, 0.15) is 34.9 Å². The topological polar surface area (TPSA) is 54.7 Å². The van der Waals surface area contributed by atoms with Crippen LogP contribution in [-0.2, 0) is 0 Å². The van der Waals surface area contributed by atoms with Crippen molar-refractivity contribution in [3.63, 3.8) is 0 Å². The SMILES string of the molecule is Cc1sc(N)c(-c2cc(C3CC3)[nH]n2)c1C. The van der Waals surface area contributed by atoms with E-state index in [1.54, 1.807) is 11.3 Å². The van der Waals surface area contributed by atoms with E-state index < -0.39 is 0 Å². The Hall–Kier alpha value is -1.29. The molecule has 0 aromatic carbocycles. The number of anilines is 1. The lowest BCUT2D eigenvalue weighted by Gasteiger charge is -1.96. The molecule has 0 amide bonds. The Morgan fingerprint density at radius 2 is 2.19 bits per heavy atom. The van der Waals surface area contributed by atoms with Gasteiger partial charge in [-0.05, 0) is 38.3 Å². The first kappa shape index (κ1) is 9.90. The molecule has 3 rings (SSSR count). The number of rotatable bonds is 2. The summed E-state index contributed by atoms with van der Waals surface area (Å²) in [6.07, 6.45) is 2.58. The van der Waals surface area contributed by atoms with Crippen LogP contribution in [0.5, 0.6) is 0 Å². The van der Waals surface area contributed by atoms with Crippen LogP contribution in [0.25, 0.3) is 11.3 Å². The van der Waals surface area contributed by atoms with Gasteiger partial charge in [0.15, 0.2) is 0 Å². The first-order valence-corrected chi connectivity index (χ1v) is 6.39. The first-order valence-electron chi connectivity index (χ1n) is 5.58. The van der Waals surface area contributed by atoms with Crippen LogP contribution in [0, 0.1) is 13.8 Å². The van der Waals surface area contributed by atoms with Gasteiger partial charge in [-0.1, -0.05) is 0 Å². The average molecular weight is 233 g/mol. The number of aryl methyl sites for hydroxylation is 1. The summed E-state index contributed by atoms with van der Waals surface area (Å²) >= 11 is 1.65. The van der Waals surface area contributed by atoms with E-state index in [0.29, 0.717) is 5.92 Å². The van der Waals surface area contributed by atoms with Gasteiger partial charge >= 0.3 is 0 Å². The van der Waals surface area contributed by atoms with Crippen LogP contribution in [0.2, 0.25) is 0 Å². The Morgan fingerprint density at radius 3 is 2.75 bits per heavy atom. The van der Waals surface area contributed by atoms with Gasteiger partial charge in [-0.25, -0.2) is 0 Å². The number of aromatic nitrogens is 2. The van der Waals surface area contributed by atoms with Crippen molar-refractivity contribution < 1.29 is 0 Å². The highest BCUT2D eigenvalue weighted by Crippen LogP contribution is 2.42. The lowest BCUT2D eigenvalue weighted by atomic mass is 10.1.